The van der Waals surface area contributed by atoms with Crippen molar-refractivity contribution in [2.45, 2.75) is 6.42 Å². The molecule has 0 saturated carbocycles. The number of benzene rings is 1. The number of carbonyl (C=O) groups excluding carboxylic acids is 1. The van der Waals surface area contributed by atoms with Crippen molar-refractivity contribution in [1.82, 2.24) is 4.90 Å². The quantitative estimate of drug-likeness (QED) is 0.748. The molecule has 0 atom stereocenters. The van der Waals surface area contributed by atoms with Gasteiger partial charge in [0.05, 0.1) is 11.6 Å². The molecule has 0 fully saturated rings. The Morgan fingerprint density at radius 1 is 1.37 bits per heavy atom. The van der Waals surface area contributed by atoms with Crippen LogP contribution in [0.1, 0.15) is 6.42 Å². The molecule has 0 unspecified atom stereocenters. The van der Waals surface area contributed by atoms with E-state index in [4.69, 9.17) is 22.7 Å². The van der Waals surface area contributed by atoms with Crippen LogP contribution in [0.25, 0.3) is 0 Å². The minimum absolute atomic E-state index is 0.181. The fourth-order valence-corrected chi connectivity index (χ4v) is 1.58. The van der Waals surface area contributed by atoms with Gasteiger partial charge in [0.2, 0.25) is 0 Å². The second kappa shape index (κ2) is 8.44. The highest BCUT2D eigenvalue weighted by Gasteiger charge is 2.13. The molecule has 104 valence electrons. The molecule has 1 aromatic carbocycles. The molecule has 5 nitrogen and oxygen atoms in total. The number of thiocarbonyl (C=S) groups is 1. The van der Waals surface area contributed by atoms with Gasteiger partial charge in [-0.15, -0.1) is 0 Å². The highest BCUT2D eigenvalue weighted by molar-refractivity contribution is 7.80. The molecule has 19 heavy (non-hydrogen) atoms. The molecule has 0 aromatic heterocycles. The summed E-state index contributed by atoms with van der Waals surface area (Å²) in [6.07, 6.45) is 0.501. The lowest BCUT2D eigenvalue weighted by Gasteiger charge is -2.22. The zero-order valence-electron chi connectivity index (χ0n) is 11.0. The van der Waals surface area contributed by atoms with Crippen molar-refractivity contribution >= 4 is 28.9 Å². The molecular weight excluding hydrogens is 262 g/mol. The van der Waals surface area contributed by atoms with Crippen molar-refractivity contribution in [3.8, 4) is 0 Å². The van der Waals surface area contributed by atoms with Crippen LogP contribution in [0.4, 0.5) is 10.5 Å². The van der Waals surface area contributed by atoms with E-state index in [2.05, 4.69) is 5.32 Å². The molecule has 0 aliphatic heterocycles. The Balaban J connectivity index is 2.57. The third-order valence-corrected chi connectivity index (χ3v) is 2.71. The third kappa shape index (κ3) is 6.17. The summed E-state index contributed by atoms with van der Waals surface area (Å²) in [4.78, 5) is 14.1. The first-order valence-electron chi connectivity index (χ1n) is 6.01. The number of methoxy groups -OCH3 is 1. The van der Waals surface area contributed by atoms with Crippen LogP contribution in [0.5, 0.6) is 0 Å². The van der Waals surface area contributed by atoms with Gasteiger partial charge in [0.15, 0.2) is 0 Å². The maximum atomic E-state index is 12.1. The molecule has 2 amide bonds. The van der Waals surface area contributed by atoms with Gasteiger partial charge in [0.25, 0.3) is 0 Å². The number of amides is 2. The minimum atomic E-state index is -0.181. The smallest absolute Gasteiger partial charge is 0.321 e. The third-order valence-electron chi connectivity index (χ3n) is 2.51. The van der Waals surface area contributed by atoms with E-state index in [1.807, 2.05) is 30.3 Å². The molecule has 0 aliphatic rings. The average Bonchev–Trinajstić information content (AvgIpc) is 2.39. The van der Waals surface area contributed by atoms with Gasteiger partial charge in [-0.05, 0) is 12.1 Å². The lowest BCUT2D eigenvalue weighted by atomic mass is 10.3. The van der Waals surface area contributed by atoms with Crippen LogP contribution in [0, 0.1) is 0 Å². The number of rotatable bonds is 7. The monoisotopic (exact) mass is 281 g/mol. The molecule has 0 saturated heterocycles. The summed E-state index contributed by atoms with van der Waals surface area (Å²) in [7, 11) is 1.60. The normalized spacial score (nSPS) is 9.95. The van der Waals surface area contributed by atoms with Crippen molar-refractivity contribution in [2.75, 3.05) is 32.1 Å². The number of hydrogen-bond donors (Lipinski definition) is 2. The number of para-hydroxylation sites is 1. The van der Waals surface area contributed by atoms with Gasteiger partial charge in [-0.3, -0.25) is 0 Å². The van der Waals surface area contributed by atoms with E-state index in [1.165, 1.54) is 0 Å². The van der Waals surface area contributed by atoms with E-state index in [0.29, 0.717) is 31.1 Å². The fraction of sp³-hybridized carbons (Fsp3) is 0.385. The molecule has 0 spiro atoms. The SMILES string of the molecule is COCCN(CCC(N)=S)C(=O)Nc1ccccc1. The Morgan fingerprint density at radius 2 is 2.05 bits per heavy atom. The summed E-state index contributed by atoms with van der Waals surface area (Å²) in [5, 5.41) is 2.82. The lowest BCUT2D eigenvalue weighted by Crippen LogP contribution is -2.39. The Kier molecular flexibility index (Phi) is 6.84. The summed E-state index contributed by atoms with van der Waals surface area (Å²) >= 11 is 4.83. The standard InChI is InChI=1S/C13H19N3O2S/c1-18-10-9-16(8-7-12(14)19)13(17)15-11-5-3-2-4-6-11/h2-6H,7-10H2,1H3,(H2,14,19)(H,15,17). The molecular formula is C13H19N3O2S. The van der Waals surface area contributed by atoms with Crippen molar-refractivity contribution in [3.05, 3.63) is 30.3 Å². The predicted octanol–water partition coefficient (Wildman–Crippen LogP) is 1.84. The first kappa shape index (κ1) is 15.4. The first-order valence-corrected chi connectivity index (χ1v) is 6.42. The highest BCUT2D eigenvalue weighted by Crippen LogP contribution is 2.07. The molecule has 0 aliphatic carbocycles. The number of ether oxygens (including phenoxy) is 1. The number of nitrogens with two attached hydrogens (primary N) is 1. The highest BCUT2D eigenvalue weighted by atomic mass is 32.1. The fourth-order valence-electron chi connectivity index (χ4n) is 1.49. The van der Waals surface area contributed by atoms with Crippen molar-refractivity contribution < 1.29 is 9.53 Å². The second-order valence-corrected chi connectivity index (χ2v) is 4.52. The van der Waals surface area contributed by atoms with E-state index in [0.717, 1.165) is 5.69 Å². The number of nitrogens with one attached hydrogen (secondary N) is 1. The largest absolute Gasteiger partial charge is 0.393 e. The molecule has 3 N–H and O–H groups in total. The first-order chi connectivity index (χ1) is 9.13. The van der Waals surface area contributed by atoms with Crippen LogP contribution in [-0.2, 0) is 4.74 Å². The Morgan fingerprint density at radius 3 is 2.63 bits per heavy atom. The Hall–Kier alpha value is -1.66. The van der Waals surface area contributed by atoms with Gasteiger partial charge in [-0.2, -0.15) is 0 Å². The topological polar surface area (TPSA) is 67.6 Å². The van der Waals surface area contributed by atoms with Crippen LogP contribution in [-0.4, -0.2) is 42.7 Å². The zero-order chi connectivity index (χ0) is 14.1. The zero-order valence-corrected chi connectivity index (χ0v) is 11.8. The lowest BCUT2D eigenvalue weighted by molar-refractivity contribution is 0.156. The van der Waals surface area contributed by atoms with Crippen molar-refractivity contribution in [3.63, 3.8) is 0 Å². The van der Waals surface area contributed by atoms with Gasteiger partial charge in [-0.1, -0.05) is 30.4 Å². The summed E-state index contributed by atoms with van der Waals surface area (Å²) in [5.74, 6) is 0. The van der Waals surface area contributed by atoms with E-state index < -0.39 is 0 Å². The van der Waals surface area contributed by atoms with E-state index in [-0.39, 0.29) is 6.03 Å². The minimum Gasteiger partial charge on any atom is -0.393 e. The van der Waals surface area contributed by atoms with Crippen LogP contribution >= 0.6 is 12.2 Å². The average molecular weight is 281 g/mol. The van der Waals surface area contributed by atoms with Gasteiger partial charge >= 0.3 is 6.03 Å². The molecule has 0 bridgehead atoms. The van der Waals surface area contributed by atoms with Gasteiger partial charge in [-0.25, -0.2) is 4.79 Å². The van der Waals surface area contributed by atoms with E-state index in [9.17, 15) is 4.79 Å². The van der Waals surface area contributed by atoms with E-state index >= 15 is 0 Å². The van der Waals surface area contributed by atoms with Crippen molar-refractivity contribution in [2.24, 2.45) is 5.73 Å². The maximum Gasteiger partial charge on any atom is 0.321 e. The van der Waals surface area contributed by atoms with Crippen molar-refractivity contribution in [1.29, 1.82) is 0 Å². The summed E-state index contributed by atoms with van der Waals surface area (Å²) in [6, 6.07) is 9.11. The summed E-state index contributed by atoms with van der Waals surface area (Å²) in [5.41, 5.74) is 6.22. The maximum absolute atomic E-state index is 12.1. The predicted molar refractivity (Wildman–Crippen MR) is 80.3 cm³/mol. The van der Waals surface area contributed by atoms with Crippen LogP contribution < -0.4 is 11.1 Å². The number of hydrogen-bond acceptors (Lipinski definition) is 3. The Labute approximate surface area is 118 Å². The second-order valence-electron chi connectivity index (χ2n) is 3.99. The van der Waals surface area contributed by atoms with Crippen LogP contribution in [0.15, 0.2) is 30.3 Å². The molecule has 1 rings (SSSR count). The molecule has 0 heterocycles. The van der Waals surface area contributed by atoms with E-state index in [1.54, 1.807) is 12.0 Å². The number of carbonyl (C=O) groups is 1. The molecule has 0 radical (unpaired) electrons. The number of nitrogens with zero attached hydrogens (tertiary/aromatic N) is 1. The van der Waals surface area contributed by atoms with Gasteiger partial charge in [0, 0.05) is 32.3 Å². The van der Waals surface area contributed by atoms with Crippen LogP contribution in [0.2, 0.25) is 0 Å². The summed E-state index contributed by atoms with van der Waals surface area (Å²) < 4.78 is 4.99. The molecule has 1 aromatic rings. The number of anilines is 1. The Bertz CT molecular complexity index is 412. The number of urea groups is 1. The van der Waals surface area contributed by atoms with Crippen LogP contribution in [0.3, 0.4) is 0 Å². The summed E-state index contributed by atoms with van der Waals surface area (Å²) in [6.45, 7) is 1.45. The van der Waals surface area contributed by atoms with Gasteiger partial charge < -0.3 is 20.7 Å². The molecule has 6 heteroatoms. The van der Waals surface area contributed by atoms with Gasteiger partial charge in [0.1, 0.15) is 0 Å².